The smallest absolute Gasteiger partial charge is 0.318 e. The zero-order valence-corrected chi connectivity index (χ0v) is 16.3. The Morgan fingerprint density at radius 2 is 2.07 bits per heavy atom. The minimum Gasteiger partial charge on any atom is -0.468 e. The summed E-state index contributed by atoms with van der Waals surface area (Å²) < 4.78 is 6.46. The zero-order chi connectivity index (χ0) is 21.0. The Hall–Kier alpha value is -3.56. The lowest BCUT2D eigenvalue weighted by Gasteiger charge is -2.29. The number of fused-ring (bicyclic) bond motifs is 1. The van der Waals surface area contributed by atoms with E-state index in [1.807, 2.05) is 6.07 Å². The second-order valence-electron chi connectivity index (χ2n) is 7.86. The number of benzene rings is 1. The number of hydrogen-bond donors (Lipinski definition) is 1. The van der Waals surface area contributed by atoms with Gasteiger partial charge in [-0.05, 0) is 43.0 Å². The topological polar surface area (TPSA) is 123 Å². The fraction of sp³-hybridized carbons (Fsp3) is 0.400. The molecule has 2 aliphatic heterocycles. The largest absolute Gasteiger partial charge is 0.468 e. The molecule has 1 atom stereocenters. The van der Waals surface area contributed by atoms with Crippen LogP contribution in [0, 0.1) is 0 Å². The lowest BCUT2D eigenvalue weighted by molar-refractivity contribution is -0.144. The Balaban J connectivity index is 1.40. The lowest BCUT2D eigenvalue weighted by atomic mass is 10.0. The number of piperidine rings is 1. The first kappa shape index (κ1) is 18.5. The van der Waals surface area contributed by atoms with Gasteiger partial charge in [0.05, 0.1) is 19.0 Å². The predicted octanol–water partition coefficient (Wildman–Crippen LogP) is 0.233. The third-order valence-electron chi connectivity index (χ3n) is 6.08. The van der Waals surface area contributed by atoms with E-state index in [-0.39, 0.29) is 30.7 Å². The fourth-order valence-corrected chi connectivity index (χ4v) is 4.20. The first-order chi connectivity index (χ1) is 14.4. The number of nitrogens with zero attached hydrogens (tertiary/aromatic N) is 4. The molecule has 10 heteroatoms. The summed E-state index contributed by atoms with van der Waals surface area (Å²) in [4.78, 5) is 49.9. The summed E-state index contributed by atoms with van der Waals surface area (Å²) in [6, 6.07) is 4.63. The van der Waals surface area contributed by atoms with E-state index in [4.69, 9.17) is 4.74 Å². The van der Waals surface area contributed by atoms with E-state index >= 15 is 0 Å². The van der Waals surface area contributed by atoms with Gasteiger partial charge in [-0.3, -0.25) is 24.5 Å². The molecule has 3 aliphatic rings. The van der Waals surface area contributed by atoms with Crippen molar-refractivity contribution < 1.29 is 23.9 Å². The van der Waals surface area contributed by atoms with Crippen LogP contribution in [0.4, 0.5) is 0 Å². The molecule has 1 aromatic heterocycles. The molecule has 1 saturated carbocycles. The zero-order valence-electron chi connectivity index (χ0n) is 16.3. The normalized spacial score (nSPS) is 22.0. The van der Waals surface area contributed by atoms with Gasteiger partial charge >= 0.3 is 5.97 Å². The molecule has 154 valence electrons. The van der Waals surface area contributed by atoms with Gasteiger partial charge in [0.1, 0.15) is 17.2 Å². The van der Waals surface area contributed by atoms with Crippen molar-refractivity contribution in [1.82, 2.24) is 25.2 Å². The number of hydrogen-bond acceptors (Lipinski definition) is 7. The maximum Gasteiger partial charge on any atom is 0.318 e. The number of carbonyl (C=O) groups excluding carboxylic acids is 4. The Kier molecular flexibility index (Phi) is 3.99. The van der Waals surface area contributed by atoms with Crippen LogP contribution in [-0.4, -0.2) is 56.7 Å². The molecule has 0 bridgehead atoms. The van der Waals surface area contributed by atoms with E-state index in [9.17, 15) is 19.2 Å². The molecule has 0 spiro atoms. The van der Waals surface area contributed by atoms with Gasteiger partial charge in [0, 0.05) is 18.5 Å². The molecule has 10 nitrogen and oxygen atoms in total. The van der Waals surface area contributed by atoms with Crippen molar-refractivity contribution in [3.05, 3.63) is 41.2 Å². The molecular formula is C20H19N5O5. The number of ether oxygens (including phenoxy) is 1. The van der Waals surface area contributed by atoms with Gasteiger partial charge in [0.15, 0.2) is 0 Å². The van der Waals surface area contributed by atoms with Gasteiger partial charge < -0.3 is 9.64 Å². The standard InChI is InChI=1S/C20H19N5O5/c1-30-19(29)20(6-7-20)15-10-25(23-22-15)12-2-3-13-11(8-12)9-24(18(13)28)14-4-5-16(26)21-17(14)27/h2-3,8,10,14H,4-7,9H2,1H3,(H,21,26,27). The predicted molar refractivity (Wildman–Crippen MR) is 100 cm³/mol. The van der Waals surface area contributed by atoms with E-state index in [1.165, 1.54) is 12.0 Å². The molecule has 2 fully saturated rings. The van der Waals surface area contributed by atoms with Gasteiger partial charge in [0.25, 0.3) is 5.91 Å². The number of carbonyl (C=O) groups is 4. The molecule has 30 heavy (non-hydrogen) atoms. The second kappa shape index (κ2) is 6.48. The van der Waals surface area contributed by atoms with Crippen LogP contribution < -0.4 is 5.32 Å². The summed E-state index contributed by atoms with van der Waals surface area (Å²) in [5.41, 5.74) is 1.86. The van der Waals surface area contributed by atoms with Crippen LogP contribution in [0.15, 0.2) is 24.4 Å². The molecular weight excluding hydrogens is 390 g/mol. The number of rotatable bonds is 4. The number of methoxy groups -OCH3 is 1. The fourth-order valence-electron chi connectivity index (χ4n) is 4.20. The molecule has 2 aromatic rings. The van der Waals surface area contributed by atoms with E-state index in [0.29, 0.717) is 36.2 Å². The van der Waals surface area contributed by atoms with Gasteiger partial charge in [-0.25, -0.2) is 4.68 Å². The van der Waals surface area contributed by atoms with E-state index in [2.05, 4.69) is 15.6 Å². The van der Waals surface area contributed by atoms with Gasteiger partial charge in [-0.2, -0.15) is 0 Å². The molecule has 5 rings (SSSR count). The van der Waals surface area contributed by atoms with Crippen LogP contribution in [0.3, 0.4) is 0 Å². The molecule has 3 amide bonds. The highest BCUT2D eigenvalue weighted by atomic mass is 16.5. The number of esters is 1. The summed E-state index contributed by atoms with van der Waals surface area (Å²) in [6.07, 6.45) is 3.60. The molecule has 1 aliphatic carbocycles. The van der Waals surface area contributed by atoms with E-state index in [0.717, 1.165) is 5.56 Å². The van der Waals surface area contributed by atoms with Crippen LogP contribution >= 0.6 is 0 Å². The lowest BCUT2D eigenvalue weighted by Crippen LogP contribution is -2.52. The van der Waals surface area contributed by atoms with E-state index in [1.54, 1.807) is 23.0 Å². The van der Waals surface area contributed by atoms with Crippen LogP contribution in [0.5, 0.6) is 0 Å². The molecule has 1 aromatic carbocycles. The maximum absolute atomic E-state index is 12.8. The number of imide groups is 1. The molecule has 1 saturated heterocycles. The van der Waals surface area contributed by atoms with Crippen LogP contribution in [-0.2, 0) is 31.1 Å². The Morgan fingerprint density at radius 1 is 1.27 bits per heavy atom. The van der Waals surface area contributed by atoms with Crippen molar-refractivity contribution in [2.24, 2.45) is 0 Å². The highest BCUT2D eigenvalue weighted by Crippen LogP contribution is 2.48. The third kappa shape index (κ3) is 2.71. The average Bonchev–Trinajstić information content (AvgIpc) is 3.28. The third-order valence-corrected chi connectivity index (χ3v) is 6.08. The summed E-state index contributed by atoms with van der Waals surface area (Å²) in [5.74, 6) is -1.29. The summed E-state index contributed by atoms with van der Waals surface area (Å²) in [7, 11) is 1.36. The quantitative estimate of drug-likeness (QED) is 0.566. The van der Waals surface area contributed by atoms with Gasteiger partial charge in [-0.15, -0.1) is 5.10 Å². The average molecular weight is 409 g/mol. The Morgan fingerprint density at radius 3 is 2.77 bits per heavy atom. The first-order valence-corrected chi connectivity index (χ1v) is 9.72. The summed E-state index contributed by atoms with van der Waals surface area (Å²) in [6.45, 7) is 0.280. The second-order valence-corrected chi connectivity index (χ2v) is 7.86. The minimum absolute atomic E-state index is 0.214. The highest BCUT2D eigenvalue weighted by Gasteiger charge is 2.55. The molecule has 1 N–H and O–H groups in total. The van der Waals surface area contributed by atoms with Crippen LogP contribution in [0.2, 0.25) is 0 Å². The van der Waals surface area contributed by atoms with Crippen molar-refractivity contribution in [3.63, 3.8) is 0 Å². The number of amides is 3. The highest BCUT2D eigenvalue weighted by molar-refractivity contribution is 6.05. The summed E-state index contributed by atoms with van der Waals surface area (Å²) in [5, 5.41) is 10.6. The Bertz CT molecular complexity index is 1100. The van der Waals surface area contributed by atoms with E-state index < -0.39 is 17.4 Å². The van der Waals surface area contributed by atoms with Gasteiger partial charge in [0.2, 0.25) is 11.8 Å². The van der Waals surface area contributed by atoms with Crippen LogP contribution in [0.1, 0.15) is 47.3 Å². The van der Waals surface area contributed by atoms with Crippen LogP contribution in [0.25, 0.3) is 5.69 Å². The number of aromatic nitrogens is 3. The monoisotopic (exact) mass is 409 g/mol. The minimum atomic E-state index is -0.706. The maximum atomic E-state index is 12.8. The van der Waals surface area contributed by atoms with Crippen molar-refractivity contribution in [1.29, 1.82) is 0 Å². The van der Waals surface area contributed by atoms with Crippen molar-refractivity contribution >= 4 is 23.7 Å². The van der Waals surface area contributed by atoms with Crippen molar-refractivity contribution in [2.75, 3.05) is 7.11 Å². The number of nitrogens with one attached hydrogen (secondary N) is 1. The summed E-state index contributed by atoms with van der Waals surface area (Å²) >= 11 is 0. The Labute approximate surface area is 171 Å². The van der Waals surface area contributed by atoms with Gasteiger partial charge in [-0.1, -0.05) is 5.21 Å². The van der Waals surface area contributed by atoms with Crippen molar-refractivity contribution in [3.8, 4) is 5.69 Å². The molecule has 0 radical (unpaired) electrons. The first-order valence-electron chi connectivity index (χ1n) is 9.72. The molecule has 1 unspecified atom stereocenters. The van der Waals surface area contributed by atoms with Crippen molar-refractivity contribution in [2.45, 2.75) is 43.7 Å². The molecule has 3 heterocycles. The SMILES string of the molecule is COC(=O)C1(c2cn(-c3ccc4c(c3)CN(C3CCC(=O)NC3=O)C4=O)nn2)CC1.